The highest BCUT2D eigenvalue weighted by molar-refractivity contribution is 5.85. The lowest BCUT2D eigenvalue weighted by atomic mass is 9.96. The van der Waals surface area contributed by atoms with Crippen LogP contribution in [0.3, 0.4) is 0 Å². The summed E-state index contributed by atoms with van der Waals surface area (Å²) >= 11 is 0. The highest BCUT2D eigenvalue weighted by Crippen LogP contribution is 2.48. The molecule has 1 unspecified atom stereocenters. The quantitative estimate of drug-likeness (QED) is 0.550. The van der Waals surface area contributed by atoms with Gasteiger partial charge in [-0.25, -0.2) is 4.79 Å². The van der Waals surface area contributed by atoms with Gasteiger partial charge in [-0.05, 0) is 18.9 Å². The van der Waals surface area contributed by atoms with Crippen LogP contribution < -0.4 is 0 Å². The number of ether oxygens (including phenoxy) is 1. The van der Waals surface area contributed by atoms with Crippen LogP contribution in [0.2, 0.25) is 0 Å². The van der Waals surface area contributed by atoms with E-state index in [9.17, 15) is 4.79 Å². The first-order valence-electron chi connectivity index (χ1n) is 3.39. The van der Waals surface area contributed by atoms with E-state index in [4.69, 9.17) is 9.84 Å². The van der Waals surface area contributed by atoms with Gasteiger partial charge in [0.25, 0.3) is 5.60 Å². The average molecular weight is 140 g/mol. The predicted molar refractivity (Wildman–Crippen MR) is 33.4 cm³/mol. The van der Waals surface area contributed by atoms with E-state index >= 15 is 0 Å². The number of rotatable bonds is 1. The van der Waals surface area contributed by atoms with Crippen molar-refractivity contribution >= 4 is 5.97 Å². The van der Waals surface area contributed by atoms with Crippen molar-refractivity contribution in [2.45, 2.75) is 24.9 Å². The molecule has 2 aliphatic rings. The molecule has 1 atom stereocenters. The molecule has 1 fully saturated rings. The Balaban J connectivity index is 2.28. The Labute approximate surface area is 58.3 Å². The second kappa shape index (κ2) is 1.54. The number of carboxylic acid groups (broad SMARTS) is 1. The minimum absolute atomic E-state index is 0.647. The Bertz CT molecular complexity index is 219. The molecule has 0 spiro atoms. The van der Waals surface area contributed by atoms with Crippen LogP contribution in [0.1, 0.15) is 19.3 Å². The van der Waals surface area contributed by atoms with Crippen LogP contribution >= 0.6 is 0 Å². The number of hydrogen-bond donors (Lipinski definition) is 1. The summed E-state index contributed by atoms with van der Waals surface area (Å²) in [5.41, 5.74) is -0.877. The van der Waals surface area contributed by atoms with Gasteiger partial charge in [0.15, 0.2) is 0 Å². The fourth-order valence-corrected chi connectivity index (χ4v) is 1.38. The van der Waals surface area contributed by atoms with E-state index in [1.165, 1.54) is 0 Å². The number of fused-ring (bicyclic) bond motifs is 1. The van der Waals surface area contributed by atoms with Gasteiger partial charge in [-0.15, -0.1) is 0 Å². The van der Waals surface area contributed by atoms with E-state index in [0.717, 1.165) is 12.8 Å². The van der Waals surface area contributed by atoms with Crippen LogP contribution in [-0.2, 0) is 9.53 Å². The zero-order valence-electron chi connectivity index (χ0n) is 5.46. The Morgan fingerprint density at radius 1 is 1.80 bits per heavy atom. The zero-order chi connectivity index (χ0) is 7.19. The average Bonchev–Trinajstić information content (AvgIpc) is 2.61. The normalized spacial score (nSPS) is 35.4. The Kier molecular flexibility index (Phi) is 0.886. The van der Waals surface area contributed by atoms with Gasteiger partial charge in [0.1, 0.15) is 5.76 Å². The molecule has 1 aliphatic heterocycles. The number of carboxylic acids is 1. The van der Waals surface area contributed by atoms with Crippen LogP contribution in [0.25, 0.3) is 0 Å². The van der Waals surface area contributed by atoms with Gasteiger partial charge < -0.3 is 9.84 Å². The largest absolute Gasteiger partial charge is 0.478 e. The monoisotopic (exact) mass is 140 g/mol. The molecule has 1 aliphatic carbocycles. The summed E-state index contributed by atoms with van der Waals surface area (Å²) in [6.45, 7) is 0. The smallest absolute Gasteiger partial charge is 0.356 e. The van der Waals surface area contributed by atoms with Crippen LogP contribution in [-0.4, -0.2) is 16.7 Å². The van der Waals surface area contributed by atoms with Crippen molar-refractivity contribution in [1.82, 2.24) is 0 Å². The summed E-state index contributed by atoms with van der Waals surface area (Å²) in [6, 6.07) is 0. The number of epoxide rings is 1. The SMILES string of the molecule is O=C(O)C12CCCC=C1O2. The molecule has 0 aromatic carbocycles. The van der Waals surface area contributed by atoms with Gasteiger partial charge in [-0.1, -0.05) is 0 Å². The van der Waals surface area contributed by atoms with Crippen molar-refractivity contribution in [3.63, 3.8) is 0 Å². The zero-order valence-corrected chi connectivity index (χ0v) is 5.46. The second-order valence-corrected chi connectivity index (χ2v) is 2.69. The molecule has 0 aromatic rings. The fourth-order valence-electron chi connectivity index (χ4n) is 1.38. The highest BCUT2D eigenvalue weighted by Gasteiger charge is 2.60. The van der Waals surface area contributed by atoms with Crippen molar-refractivity contribution < 1.29 is 14.6 Å². The van der Waals surface area contributed by atoms with Gasteiger partial charge in [0.2, 0.25) is 0 Å². The summed E-state index contributed by atoms with van der Waals surface area (Å²) in [5.74, 6) is -0.162. The summed E-state index contributed by atoms with van der Waals surface area (Å²) in [4.78, 5) is 10.6. The molecule has 1 N–H and O–H groups in total. The van der Waals surface area contributed by atoms with Gasteiger partial charge in [0, 0.05) is 6.42 Å². The van der Waals surface area contributed by atoms with Crippen LogP contribution in [0.5, 0.6) is 0 Å². The second-order valence-electron chi connectivity index (χ2n) is 2.69. The van der Waals surface area contributed by atoms with Gasteiger partial charge in [0.05, 0.1) is 0 Å². The number of hydrogen-bond acceptors (Lipinski definition) is 2. The molecular formula is C7H8O3. The van der Waals surface area contributed by atoms with E-state index in [0.29, 0.717) is 12.2 Å². The fraction of sp³-hybridized carbons (Fsp3) is 0.571. The molecular weight excluding hydrogens is 132 g/mol. The van der Waals surface area contributed by atoms with Gasteiger partial charge >= 0.3 is 5.97 Å². The van der Waals surface area contributed by atoms with Crippen molar-refractivity contribution in [3.8, 4) is 0 Å². The number of allylic oxidation sites excluding steroid dienone is 1. The molecule has 10 heavy (non-hydrogen) atoms. The molecule has 54 valence electrons. The Morgan fingerprint density at radius 2 is 2.60 bits per heavy atom. The minimum atomic E-state index is -0.877. The predicted octanol–water partition coefficient (Wildman–Crippen LogP) is 0.908. The highest BCUT2D eigenvalue weighted by atomic mass is 16.6. The van der Waals surface area contributed by atoms with E-state index in [1.807, 2.05) is 6.08 Å². The topological polar surface area (TPSA) is 49.8 Å². The molecule has 3 nitrogen and oxygen atoms in total. The summed E-state index contributed by atoms with van der Waals surface area (Å²) in [5, 5.41) is 8.67. The van der Waals surface area contributed by atoms with Crippen molar-refractivity contribution in [2.24, 2.45) is 0 Å². The van der Waals surface area contributed by atoms with E-state index in [1.54, 1.807) is 0 Å². The number of carbonyl (C=O) groups is 1. The van der Waals surface area contributed by atoms with Crippen LogP contribution in [0.4, 0.5) is 0 Å². The maximum Gasteiger partial charge on any atom is 0.356 e. The Morgan fingerprint density at radius 3 is 3.10 bits per heavy atom. The molecule has 0 amide bonds. The molecule has 1 saturated heterocycles. The summed E-state index contributed by atoms with van der Waals surface area (Å²) < 4.78 is 4.99. The first-order chi connectivity index (χ1) is 4.76. The van der Waals surface area contributed by atoms with Crippen molar-refractivity contribution in [3.05, 3.63) is 11.8 Å². The van der Waals surface area contributed by atoms with E-state index in [2.05, 4.69) is 0 Å². The Hall–Kier alpha value is -0.990. The maximum atomic E-state index is 10.6. The molecule has 2 rings (SSSR count). The van der Waals surface area contributed by atoms with Gasteiger partial charge in [-0.3, -0.25) is 0 Å². The third-order valence-corrected chi connectivity index (χ3v) is 2.05. The van der Waals surface area contributed by atoms with Crippen LogP contribution in [0, 0.1) is 0 Å². The molecule has 0 aromatic heterocycles. The van der Waals surface area contributed by atoms with Crippen molar-refractivity contribution in [2.75, 3.05) is 0 Å². The molecule has 0 saturated carbocycles. The third kappa shape index (κ3) is 0.523. The van der Waals surface area contributed by atoms with E-state index < -0.39 is 11.6 Å². The lowest BCUT2D eigenvalue weighted by Gasteiger charge is -2.04. The summed E-state index contributed by atoms with van der Waals surface area (Å²) in [7, 11) is 0. The molecule has 0 radical (unpaired) electrons. The standard InChI is InChI=1S/C7H8O3/c8-6(9)7-4-2-1-3-5(7)10-7/h3H,1-2,4H2,(H,8,9). The molecule has 0 bridgehead atoms. The number of aliphatic carboxylic acids is 1. The van der Waals surface area contributed by atoms with E-state index in [-0.39, 0.29) is 0 Å². The summed E-state index contributed by atoms with van der Waals surface area (Å²) in [6.07, 6.45) is 4.41. The first kappa shape index (κ1) is 5.77. The van der Waals surface area contributed by atoms with Gasteiger partial charge in [-0.2, -0.15) is 0 Å². The third-order valence-electron chi connectivity index (χ3n) is 2.05. The van der Waals surface area contributed by atoms with Crippen LogP contribution in [0.15, 0.2) is 11.8 Å². The molecule has 3 heteroatoms. The maximum absolute atomic E-state index is 10.6. The minimum Gasteiger partial charge on any atom is -0.478 e. The van der Waals surface area contributed by atoms with Crippen molar-refractivity contribution in [1.29, 1.82) is 0 Å². The lowest BCUT2D eigenvalue weighted by Crippen LogP contribution is -2.24. The lowest BCUT2D eigenvalue weighted by molar-refractivity contribution is -0.143. The molecule has 1 heterocycles. The first-order valence-corrected chi connectivity index (χ1v) is 3.39.